The second-order valence-electron chi connectivity index (χ2n) is 8.83. The minimum atomic E-state index is -0.437. The van der Waals surface area contributed by atoms with Gasteiger partial charge in [-0.15, -0.1) is 0 Å². The lowest BCUT2D eigenvalue weighted by molar-refractivity contribution is -0.148. The third-order valence-electron chi connectivity index (χ3n) is 6.94. The fraction of sp³-hybridized carbons (Fsp3) is 0.333. The second kappa shape index (κ2) is 8.24. The average molecular weight is 459 g/mol. The number of esters is 1. The first kappa shape index (κ1) is 22.1. The Morgan fingerprint density at radius 2 is 2.09 bits per heavy atom. The third kappa shape index (κ3) is 3.26. The van der Waals surface area contributed by atoms with Crippen LogP contribution in [0.4, 0.5) is 0 Å². The van der Waals surface area contributed by atoms with Crippen LogP contribution in [0, 0.1) is 0 Å². The summed E-state index contributed by atoms with van der Waals surface area (Å²) in [6.07, 6.45) is 1.59. The summed E-state index contributed by atoms with van der Waals surface area (Å²) in [5.74, 6) is -0.0818. The van der Waals surface area contributed by atoms with Gasteiger partial charge in [0.15, 0.2) is 0 Å². The molecule has 174 valence electrons. The van der Waals surface area contributed by atoms with E-state index in [1.54, 1.807) is 11.5 Å². The average Bonchev–Trinajstić information content (AvgIpc) is 3.20. The molecule has 0 aliphatic carbocycles. The smallest absolute Gasteiger partial charge is 0.313 e. The number of fused-ring (bicyclic) bond motifs is 5. The zero-order valence-corrected chi connectivity index (χ0v) is 19.5. The molecule has 7 nitrogen and oxygen atoms in total. The number of hydrogen-bond acceptors (Lipinski definition) is 6. The summed E-state index contributed by atoms with van der Waals surface area (Å²) in [7, 11) is 0. The second-order valence-corrected chi connectivity index (χ2v) is 8.83. The molecule has 0 bridgehead atoms. The number of aryl methyl sites for hydroxylation is 1. The summed E-state index contributed by atoms with van der Waals surface area (Å²) >= 11 is 0. The van der Waals surface area contributed by atoms with Crippen molar-refractivity contribution < 1.29 is 19.1 Å². The lowest BCUT2D eigenvalue weighted by Crippen LogP contribution is -2.32. The van der Waals surface area contributed by atoms with Crippen molar-refractivity contribution in [2.75, 3.05) is 0 Å². The van der Waals surface area contributed by atoms with Gasteiger partial charge in [0.1, 0.15) is 24.7 Å². The molecular weight excluding hydrogens is 432 g/mol. The summed E-state index contributed by atoms with van der Waals surface area (Å²) in [6, 6.07) is 7.62. The minimum absolute atomic E-state index is 0.0150. The Morgan fingerprint density at radius 3 is 2.79 bits per heavy atom. The lowest BCUT2D eigenvalue weighted by atomic mass is 9.90. The molecule has 3 aromatic rings. The number of nitrogens with zero attached hydrogens (tertiary/aromatic N) is 2. The largest absolute Gasteiger partial charge is 0.486 e. The van der Waals surface area contributed by atoms with E-state index in [0.29, 0.717) is 36.1 Å². The molecule has 1 aromatic carbocycles. The monoisotopic (exact) mass is 458 g/mol. The van der Waals surface area contributed by atoms with Crippen molar-refractivity contribution in [1.82, 2.24) is 9.55 Å². The number of aldehydes is 1. The highest BCUT2D eigenvalue weighted by molar-refractivity contribution is 5.89. The van der Waals surface area contributed by atoms with Gasteiger partial charge in [-0.1, -0.05) is 20.4 Å². The predicted molar refractivity (Wildman–Crippen MR) is 128 cm³/mol. The Morgan fingerprint density at radius 1 is 1.29 bits per heavy atom. The van der Waals surface area contributed by atoms with Crippen molar-refractivity contribution in [2.45, 2.75) is 58.8 Å². The molecule has 0 N–H and O–H groups in total. The van der Waals surface area contributed by atoms with Crippen molar-refractivity contribution in [2.24, 2.45) is 0 Å². The van der Waals surface area contributed by atoms with E-state index in [9.17, 15) is 14.4 Å². The van der Waals surface area contributed by atoms with Crippen LogP contribution >= 0.6 is 0 Å². The zero-order valence-electron chi connectivity index (χ0n) is 19.5. The molecule has 0 fully saturated rings. The third-order valence-corrected chi connectivity index (χ3v) is 6.94. The standard InChI is InChI=1S/C27H26N2O5/c1-5-17-20-9-16(34-15(4)14(3)12-30)7-8-23(20)28-25-21(17)11-29-24(25)10-19-18(6-2)27(32)33-13-22(19)26(29)31/h7-10,12,15,18H,3,5-6,11,13H2,1-2,4H3. The van der Waals surface area contributed by atoms with Gasteiger partial charge in [0.05, 0.1) is 34.9 Å². The molecule has 0 saturated carbocycles. The number of ether oxygens (including phenoxy) is 2. The van der Waals surface area contributed by atoms with E-state index in [1.807, 2.05) is 31.2 Å². The van der Waals surface area contributed by atoms with Gasteiger partial charge in [0.25, 0.3) is 5.56 Å². The highest BCUT2D eigenvalue weighted by atomic mass is 16.5. The van der Waals surface area contributed by atoms with Gasteiger partial charge in [0, 0.05) is 16.5 Å². The van der Waals surface area contributed by atoms with Crippen LogP contribution in [0.1, 0.15) is 55.4 Å². The van der Waals surface area contributed by atoms with E-state index in [-0.39, 0.29) is 18.1 Å². The molecule has 5 rings (SSSR count). The minimum Gasteiger partial charge on any atom is -0.486 e. The molecule has 2 aliphatic heterocycles. The number of benzene rings is 1. The van der Waals surface area contributed by atoms with Crippen LogP contribution in [0.15, 0.2) is 41.2 Å². The fourth-order valence-electron chi connectivity index (χ4n) is 5.02. The van der Waals surface area contributed by atoms with Crippen LogP contribution in [0.5, 0.6) is 5.75 Å². The SMILES string of the molecule is C=C(C=O)C(C)Oc1ccc2nc3c(c(CC)c2c1)Cn1c-3cc2c(c1=O)COC(=O)C2CC. The first-order chi connectivity index (χ1) is 16.4. The van der Waals surface area contributed by atoms with E-state index >= 15 is 0 Å². The van der Waals surface area contributed by atoms with Gasteiger partial charge in [0.2, 0.25) is 0 Å². The Balaban J connectivity index is 1.66. The van der Waals surface area contributed by atoms with E-state index < -0.39 is 12.0 Å². The molecule has 0 spiro atoms. The molecule has 4 heterocycles. The number of pyridine rings is 2. The molecule has 2 aliphatic rings. The van der Waals surface area contributed by atoms with Gasteiger partial charge in [-0.2, -0.15) is 0 Å². The summed E-state index contributed by atoms with van der Waals surface area (Å²) in [6.45, 7) is 9.95. The van der Waals surface area contributed by atoms with Crippen LogP contribution < -0.4 is 10.3 Å². The van der Waals surface area contributed by atoms with Gasteiger partial charge in [-0.05, 0) is 55.2 Å². The molecule has 2 unspecified atom stereocenters. The van der Waals surface area contributed by atoms with Crippen molar-refractivity contribution in [3.05, 3.63) is 69.0 Å². The first-order valence-electron chi connectivity index (χ1n) is 11.6. The Bertz CT molecular complexity index is 1440. The van der Waals surface area contributed by atoms with E-state index in [0.717, 1.165) is 45.4 Å². The fourth-order valence-corrected chi connectivity index (χ4v) is 5.02. The van der Waals surface area contributed by atoms with E-state index in [1.165, 1.54) is 0 Å². The molecule has 2 aromatic heterocycles. The number of aromatic nitrogens is 2. The number of hydrogen-bond donors (Lipinski definition) is 0. The van der Waals surface area contributed by atoms with Crippen molar-refractivity contribution >= 4 is 23.2 Å². The van der Waals surface area contributed by atoms with Crippen LogP contribution in [-0.4, -0.2) is 27.9 Å². The first-order valence-corrected chi connectivity index (χ1v) is 11.6. The normalized spacial score (nSPS) is 16.9. The Hall–Kier alpha value is -3.74. The molecule has 2 atom stereocenters. The molecule has 34 heavy (non-hydrogen) atoms. The van der Waals surface area contributed by atoms with Gasteiger partial charge in [-0.3, -0.25) is 14.4 Å². The predicted octanol–water partition coefficient (Wildman–Crippen LogP) is 4.06. The summed E-state index contributed by atoms with van der Waals surface area (Å²) < 4.78 is 13.0. The maximum Gasteiger partial charge on any atom is 0.313 e. The highest BCUT2D eigenvalue weighted by Gasteiger charge is 2.34. The number of carbonyl (C=O) groups is 2. The van der Waals surface area contributed by atoms with Gasteiger partial charge in [-0.25, -0.2) is 4.98 Å². The maximum atomic E-state index is 13.4. The molecule has 0 saturated heterocycles. The van der Waals surface area contributed by atoms with Crippen LogP contribution in [0.3, 0.4) is 0 Å². The maximum absolute atomic E-state index is 13.4. The highest BCUT2D eigenvalue weighted by Crippen LogP contribution is 2.39. The number of cyclic esters (lactones) is 1. The van der Waals surface area contributed by atoms with Crippen LogP contribution in [0.2, 0.25) is 0 Å². The summed E-state index contributed by atoms with van der Waals surface area (Å²) in [5.41, 5.74) is 6.03. The van der Waals surface area contributed by atoms with Crippen molar-refractivity contribution in [1.29, 1.82) is 0 Å². The molecular formula is C27H26N2O5. The lowest BCUT2D eigenvalue weighted by Gasteiger charge is -2.24. The van der Waals surface area contributed by atoms with Crippen molar-refractivity contribution in [3.8, 4) is 17.1 Å². The zero-order chi connectivity index (χ0) is 24.1. The number of carbonyl (C=O) groups excluding carboxylic acids is 2. The molecule has 0 radical (unpaired) electrons. The van der Waals surface area contributed by atoms with Crippen molar-refractivity contribution in [3.63, 3.8) is 0 Å². The summed E-state index contributed by atoms with van der Waals surface area (Å²) in [4.78, 5) is 41.7. The molecule has 7 heteroatoms. The topological polar surface area (TPSA) is 87.5 Å². The van der Waals surface area contributed by atoms with Crippen LogP contribution in [-0.2, 0) is 33.9 Å². The number of rotatable bonds is 6. The van der Waals surface area contributed by atoms with E-state index in [2.05, 4.69) is 13.5 Å². The van der Waals surface area contributed by atoms with E-state index in [4.69, 9.17) is 14.5 Å². The Kier molecular flexibility index (Phi) is 5.35. The quantitative estimate of drug-likeness (QED) is 0.246. The van der Waals surface area contributed by atoms with Crippen LogP contribution in [0.25, 0.3) is 22.3 Å². The Labute approximate surface area is 197 Å². The van der Waals surface area contributed by atoms with Gasteiger partial charge >= 0.3 is 5.97 Å². The van der Waals surface area contributed by atoms with Gasteiger partial charge < -0.3 is 14.0 Å². The summed E-state index contributed by atoms with van der Waals surface area (Å²) in [5, 5.41) is 0.957. The molecule has 0 amide bonds.